The number of carbonyl (C=O) groups excluding carboxylic acids is 1. The summed E-state index contributed by atoms with van der Waals surface area (Å²) in [6, 6.07) is 13.0. The van der Waals surface area contributed by atoms with E-state index in [0.717, 1.165) is 16.9 Å². The molecular weight excluding hydrogens is 378 g/mol. The summed E-state index contributed by atoms with van der Waals surface area (Å²) < 4.78 is 19.9. The Kier molecular flexibility index (Phi) is 5.70. The first-order valence-corrected chi connectivity index (χ1v) is 8.94. The number of amides is 1. The molecule has 7 heteroatoms. The number of ether oxygens (including phenoxy) is 1. The van der Waals surface area contributed by atoms with Crippen LogP contribution in [0.15, 0.2) is 42.5 Å². The quantitative estimate of drug-likeness (QED) is 0.806. The Labute approximate surface area is 161 Å². The highest BCUT2D eigenvalue weighted by Crippen LogP contribution is 2.28. The summed E-state index contributed by atoms with van der Waals surface area (Å²) in [7, 11) is 1.45. The maximum Gasteiger partial charge on any atom is 0.260 e. The lowest BCUT2D eigenvalue weighted by Gasteiger charge is -2.42. The predicted molar refractivity (Wildman–Crippen MR) is 100 cm³/mol. The minimum Gasteiger partial charge on any atom is -0.489 e. The number of alkyl halides is 1. The first-order chi connectivity index (χ1) is 12.4. The Hall–Kier alpha value is -1.82. The molecule has 0 unspecified atom stereocenters. The van der Waals surface area contributed by atoms with Crippen LogP contribution in [-0.2, 0) is 17.9 Å². The molecule has 1 heterocycles. The third-order valence-corrected chi connectivity index (χ3v) is 5.04. The number of rotatable bonds is 6. The number of halogens is 3. The van der Waals surface area contributed by atoms with E-state index in [4.69, 9.17) is 27.9 Å². The molecule has 0 aliphatic carbocycles. The molecule has 1 aliphatic rings. The van der Waals surface area contributed by atoms with Gasteiger partial charge in [0, 0.05) is 26.7 Å². The maximum absolute atomic E-state index is 14.1. The third kappa shape index (κ3) is 4.29. The fourth-order valence-electron chi connectivity index (χ4n) is 2.89. The molecule has 4 nitrogen and oxygen atoms in total. The highest BCUT2D eigenvalue weighted by Gasteiger charge is 2.49. The lowest BCUT2D eigenvalue weighted by Crippen LogP contribution is -2.65. The maximum atomic E-state index is 14.1. The van der Waals surface area contributed by atoms with Gasteiger partial charge in [0.25, 0.3) is 5.91 Å². The van der Waals surface area contributed by atoms with Crippen molar-refractivity contribution in [3.05, 3.63) is 63.6 Å². The van der Waals surface area contributed by atoms with E-state index in [0.29, 0.717) is 23.2 Å². The van der Waals surface area contributed by atoms with Gasteiger partial charge in [0.1, 0.15) is 12.4 Å². The number of benzene rings is 2. The molecule has 0 saturated carbocycles. The van der Waals surface area contributed by atoms with E-state index in [1.807, 2.05) is 35.2 Å². The molecule has 0 atom stereocenters. The van der Waals surface area contributed by atoms with Crippen LogP contribution in [0.2, 0.25) is 10.0 Å². The fraction of sp³-hybridized carbons (Fsp3) is 0.316. The number of carbonyl (C=O) groups is 1. The minimum absolute atomic E-state index is 0.113. The van der Waals surface area contributed by atoms with Crippen molar-refractivity contribution in [3.63, 3.8) is 0 Å². The van der Waals surface area contributed by atoms with Gasteiger partial charge in [-0.25, -0.2) is 4.39 Å². The highest BCUT2D eigenvalue weighted by molar-refractivity contribution is 6.42. The van der Waals surface area contributed by atoms with Crippen LogP contribution >= 0.6 is 23.2 Å². The summed E-state index contributed by atoms with van der Waals surface area (Å²) in [6.45, 7) is 1.21. The average Bonchev–Trinajstić information content (AvgIpc) is 2.61. The Bertz CT molecular complexity index is 793. The van der Waals surface area contributed by atoms with Crippen LogP contribution in [0.25, 0.3) is 0 Å². The van der Waals surface area contributed by atoms with Crippen molar-refractivity contribution in [2.75, 3.05) is 20.1 Å². The standard InChI is InChI=1S/C19H19Cl2FN2O2/c1-23-18(25)19(22)11-24(12-19)9-13-2-5-15(6-3-13)26-10-14-4-7-16(20)17(21)8-14/h2-8H,9-12H2,1H3,(H,23,25). The van der Waals surface area contributed by atoms with Gasteiger partial charge in [-0.15, -0.1) is 0 Å². The Morgan fingerprint density at radius 3 is 2.42 bits per heavy atom. The first-order valence-electron chi connectivity index (χ1n) is 8.19. The molecule has 0 aromatic heterocycles. The molecule has 1 saturated heterocycles. The molecule has 1 fully saturated rings. The molecule has 1 amide bonds. The largest absolute Gasteiger partial charge is 0.489 e. The van der Waals surface area contributed by atoms with Crippen molar-refractivity contribution >= 4 is 29.1 Å². The molecule has 2 aromatic carbocycles. The molecule has 2 aromatic rings. The van der Waals surface area contributed by atoms with Crippen LogP contribution < -0.4 is 10.1 Å². The zero-order chi connectivity index (χ0) is 18.7. The van der Waals surface area contributed by atoms with Crippen molar-refractivity contribution in [2.24, 2.45) is 0 Å². The van der Waals surface area contributed by atoms with Gasteiger partial charge in [-0.3, -0.25) is 9.69 Å². The van der Waals surface area contributed by atoms with Gasteiger partial charge < -0.3 is 10.1 Å². The topological polar surface area (TPSA) is 41.6 Å². The van der Waals surface area contributed by atoms with E-state index in [1.165, 1.54) is 7.05 Å². The van der Waals surface area contributed by atoms with Crippen LogP contribution in [0.5, 0.6) is 5.75 Å². The lowest BCUT2D eigenvalue weighted by atomic mass is 9.94. The van der Waals surface area contributed by atoms with Crippen molar-refractivity contribution in [1.82, 2.24) is 10.2 Å². The summed E-state index contributed by atoms with van der Waals surface area (Å²) in [5.74, 6) is 0.174. The van der Waals surface area contributed by atoms with Crippen molar-refractivity contribution < 1.29 is 13.9 Å². The number of nitrogens with zero attached hydrogens (tertiary/aromatic N) is 1. The summed E-state index contributed by atoms with van der Waals surface area (Å²) in [5.41, 5.74) is 0.195. The molecule has 138 valence electrons. The normalized spacial score (nSPS) is 16.0. The lowest BCUT2D eigenvalue weighted by molar-refractivity contribution is -0.145. The van der Waals surface area contributed by atoms with Gasteiger partial charge in [0.2, 0.25) is 5.67 Å². The van der Waals surface area contributed by atoms with Crippen LogP contribution in [-0.4, -0.2) is 36.6 Å². The van der Waals surface area contributed by atoms with Crippen molar-refractivity contribution in [2.45, 2.75) is 18.8 Å². The fourth-order valence-corrected chi connectivity index (χ4v) is 3.21. The number of likely N-dealkylation sites (tertiary alicyclic amines) is 1. The van der Waals surface area contributed by atoms with E-state index in [2.05, 4.69) is 5.32 Å². The van der Waals surface area contributed by atoms with Crippen LogP contribution in [0.1, 0.15) is 11.1 Å². The minimum atomic E-state index is -1.77. The van der Waals surface area contributed by atoms with Crippen LogP contribution in [0.4, 0.5) is 4.39 Å². The highest BCUT2D eigenvalue weighted by atomic mass is 35.5. The van der Waals surface area contributed by atoms with Crippen molar-refractivity contribution in [1.29, 1.82) is 0 Å². The van der Waals surface area contributed by atoms with Crippen molar-refractivity contribution in [3.8, 4) is 5.75 Å². The Morgan fingerprint density at radius 2 is 1.81 bits per heavy atom. The average molecular weight is 397 g/mol. The Balaban J connectivity index is 1.50. The van der Waals surface area contributed by atoms with E-state index in [-0.39, 0.29) is 13.1 Å². The van der Waals surface area contributed by atoms with Gasteiger partial charge >= 0.3 is 0 Å². The third-order valence-electron chi connectivity index (χ3n) is 4.30. The van der Waals surface area contributed by atoms with Gasteiger partial charge in [-0.2, -0.15) is 0 Å². The van der Waals surface area contributed by atoms with Gasteiger partial charge in [-0.1, -0.05) is 41.4 Å². The van der Waals surface area contributed by atoms with Gasteiger partial charge in [0.15, 0.2) is 0 Å². The number of hydrogen-bond donors (Lipinski definition) is 1. The van der Waals surface area contributed by atoms with Gasteiger partial charge in [-0.05, 0) is 35.4 Å². The summed E-state index contributed by atoms with van der Waals surface area (Å²) in [6.07, 6.45) is 0. The monoisotopic (exact) mass is 396 g/mol. The SMILES string of the molecule is CNC(=O)C1(F)CN(Cc2ccc(OCc3ccc(Cl)c(Cl)c3)cc2)C1. The second-order valence-electron chi connectivity index (χ2n) is 6.37. The van der Waals surface area contributed by atoms with Gasteiger partial charge in [0.05, 0.1) is 10.0 Å². The molecule has 1 N–H and O–H groups in total. The zero-order valence-corrected chi connectivity index (χ0v) is 15.8. The van der Waals surface area contributed by atoms with E-state index >= 15 is 0 Å². The molecule has 0 spiro atoms. The van der Waals surface area contributed by atoms with Crippen LogP contribution in [0, 0.1) is 0 Å². The van der Waals surface area contributed by atoms with E-state index in [9.17, 15) is 9.18 Å². The van der Waals surface area contributed by atoms with E-state index < -0.39 is 11.6 Å². The second kappa shape index (κ2) is 7.82. The second-order valence-corrected chi connectivity index (χ2v) is 7.19. The number of hydrogen-bond acceptors (Lipinski definition) is 3. The smallest absolute Gasteiger partial charge is 0.260 e. The van der Waals surface area contributed by atoms with Crippen LogP contribution in [0.3, 0.4) is 0 Å². The molecule has 0 radical (unpaired) electrons. The summed E-state index contributed by atoms with van der Waals surface area (Å²) >= 11 is 11.9. The molecule has 3 rings (SSSR count). The Morgan fingerprint density at radius 1 is 1.15 bits per heavy atom. The van der Waals surface area contributed by atoms with E-state index in [1.54, 1.807) is 12.1 Å². The first kappa shape index (κ1) is 19.0. The zero-order valence-electron chi connectivity index (χ0n) is 14.3. The predicted octanol–water partition coefficient (Wildman–Crippen LogP) is 3.84. The number of nitrogens with one attached hydrogen (secondary N) is 1. The molecule has 1 aliphatic heterocycles. The summed E-state index contributed by atoms with van der Waals surface area (Å²) in [4.78, 5) is 13.3. The molecule has 26 heavy (non-hydrogen) atoms. The summed E-state index contributed by atoms with van der Waals surface area (Å²) in [5, 5.41) is 3.37. The molecular formula is C19H19Cl2FN2O2. The molecule has 0 bridgehead atoms.